The van der Waals surface area contributed by atoms with E-state index in [0.29, 0.717) is 0 Å². The van der Waals surface area contributed by atoms with Gasteiger partial charge >= 0.3 is 0 Å². The highest BCUT2D eigenvalue weighted by atomic mass is 15.3. The molecule has 2 heterocycles. The average molecular weight is 232 g/mol. The SMILES string of the molecule is Cc1cnc(N2CCN(C3CC3)CC2)c(N)c1. The van der Waals surface area contributed by atoms with Crippen molar-refractivity contribution in [3.63, 3.8) is 0 Å². The van der Waals surface area contributed by atoms with E-state index in [1.54, 1.807) is 0 Å². The van der Waals surface area contributed by atoms with E-state index in [2.05, 4.69) is 14.8 Å². The molecule has 1 saturated carbocycles. The minimum Gasteiger partial charge on any atom is -0.396 e. The molecule has 1 aliphatic carbocycles. The van der Waals surface area contributed by atoms with Crippen LogP contribution in [0.25, 0.3) is 0 Å². The maximum atomic E-state index is 6.04. The van der Waals surface area contributed by atoms with Crippen LogP contribution in [0.2, 0.25) is 0 Å². The Morgan fingerprint density at radius 3 is 2.53 bits per heavy atom. The number of piperazine rings is 1. The Bertz CT molecular complexity index is 406. The number of hydrogen-bond donors (Lipinski definition) is 1. The fraction of sp³-hybridized carbons (Fsp3) is 0.615. The van der Waals surface area contributed by atoms with Gasteiger partial charge in [0.1, 0.15) is 0 Å². The van der Waals surface area contributed by atoms with Crippen molar-refractivity contribution in [3.8, 4) is 0 Å². The lowest BCUT2D eigenvalue weighted by molar-refractivity contribution is 0.247. The van der Waals surface area contributed by atoms with E-state index in [1.807, 2.05) is 19.2 Å². The lowest BCUT2D eigenvalue weighted by Gasteiger charge is -2.36. The molecule has 0 atom stereocenters. The molecule has 1 aromatic rings. The molecule has 92 valence electrons. The number of nitrogens with zero attached hydrogens (tertiary/aromatic N) is 3. The summed E-state index contributed by atoms with van der Waals surface area (Å²) in [6.07, 6.45) is 4.69. The van der Waals surface area contributed by atoms with Crippen LogP contribution in [0.5, 0.6) is 0 Å². The van der Waals surface area contributed by atoms with Crippen molar-refractivity contribution in [2.45, 2.75) is 25.8 Å². The third kappa shape index (κ3) is 2.22. The quantitative estimate of drug-likeness (QED) is 0.833. The maximum absolute atomic E-state index is 6.04. The van der Waals surface area contributed by atoms with Crippen molar-refractivity contribution in [1.82, 2.24) is 9.88 Å². The van der Waals surface area contributed by atoms with Crippen LogP contribution in [-0.4, -0.2) is 42.1 Å². The molecule has 0 amide bonds. The van der Waals surface area contributed by atoms with Crippen LogP contribution >= 0.6 is 0 Å². The van der Waals surface area contributed by atoms with Crippen LogP contribution in [0.3, 0.4) is 0 Å². The summed E-state index contributed by atoms with van der Waals surface area (Å²) in [7, 11) is 0. The molecule has 0 spiro atoms. The minimum atomic E-state index is 0.810. The van der Waals surface area contributed by atoms with Gasteiger partial charge in [-0.3, -0.25) is 4.90 Å². The first-order valence-corrected chi connectivity index (χ1v) is 6.45. The van der Waals surface area contributed by atoms with Crippen LogP contribution in [-0.2, 0) is 0 Å². The van der Waals surface area contributed by atoms with E-state index in [-0.39, 0.29) is 0 Å². The Morgan fingerprint density at radius 1 is 1.24 bits per heavy atom. The summed E-state index contributed by atoms with van der Waals surface area (Å²) in [5.74, 6) is 0.964. The van der Waals surface area contributed by atoms with Crippen molar-refractivity contribution in [2.24, 2.45) is 0 Å². The third-order valence-corrected chi connectivity index (χ3v) is 3.71. The molecule has 0 aromatic carbocycles. The molecule has 1 aliphatic heterocycles. The normalized spacial score (nSPS) is 21.8. The Morgan fingerprint density at radius 2 is 1.94 bits per heavy atom. The maximum Gasteiger partial charge on any atom is 0.151 e. The highest BCUT2D eigenvalue weighted by molar-refractivity contribution is 5.63. The first-order valence-electron chi connectivity index (χ1n) is 6.45. The Balaban J connectivity index is 1.68. The fourth-order valence-electron chi connectivity index (χ4n) is 2.59. The summed E-state index contributed by atoms with van der Waals surface area (Å²) >= 11 is 0. The largest absolute Gasteiger partial charge is 0.396 e. The molecule has 1 saturated heterocycles. The van der Waals surface area contributed by atoms with Gasteiger partial charge in [0.05, 0.1) is 5.69 Å². The van der Waals surface area contributed by atoms with Crippen LogP contribution in [0.1, 0.15) is 18.4 Å². The number of rotatable bonds is 2. The van der Waals surface area contributed by atoms with Crippen LogP contribution < -0.4 is 10.6 Å². The van der Waals surface area contributed by atoms with E-state index in [4.69, 9.17) is 5.73 Å². The number of aryl methyl sites for hydroxylation is 1. The van der Waals surface area contributed by atoms with Gasteiger partial charge in [-0.15, -0.1) is 0 Å². The second-order valence-corrected chi connectivity index (χ2v) is 5.18. The van der Waals surface area contributed by atoms with Gasteiger partial charge in [0.15, 0.2) is 5.82 Å². The molecular weight excluding hydrogens is 212 g/mol. The molecule has 2 N–H and O–H groups in total. The first-order chi connectivity index (χ1) is 8.24. The van der Waals surface area contributed by atoms with Crippen molar-refractivity contribution >= 4 is 11.5 Å². The lowest BCUT2D eigenvalue weighted by Crippen LogP contribution is -2.47. The van der Waals surface area contributed by atoms with Crippen molar-refractivity contribution in [3.05, 3.63) is 17.8 Å². The molecule has 0 radical (unpaired) electrons. The summed E-state index contributed by atoms with van der Waals surface area (Å²) in [5, 5.41) is 0. The molecular formula is C13H20N4. The van der Waals surface area contributed by atoms with E-state index in [9.17, 15) is 0 Å². The van der Waals surface area contributed by atoms with E-state index in [0.717, 1.165) is 49.3 Å². The van der Waals surface area contributed by atoms with Gasteiger partial charge in [-0.1, -0.05) is 0 Å². The predicted octanol–water partition coefficient (Wildman–Crippen LogP) is 1.26. The molecule has 2 aliphatic rings. The second-order valence-electron chi connectivity index (χ2n) is 5.18. The average Bonchev–Trinajstić information content (AvgIpc) is 3.13. The molecule has 2 fully saturated rings. The van der Waals surface area contributed by atoms with Gasteiger partial charge in [-0.2, -0.15) is 0 Å². The lowest BCUT2D eigenvalue weighted by atomic mass is 10.2. The van der Waals surface area contributed by atoms with Gasteiger partial charge in [-0.25, -0.2) is 4.98 Å². The molecule has 0 bridgehead atoms. The van der Waals surface area contributed by atoms with Crippen molar-refractivity contribution in [1.29, 1.82) is 0 Å². The van der Waals surface area contributed by atoms with E-state index >= 15 is 0 Å². The van der Waals surface area contributed by atoms with Crippen molar-refractivity contribution < 1.29 is 0 Å². The highest BCUT2D eigenvalue weighted by Gasteiger charge is 2.31. The van der Waals surface area contributed by atoms with Crippen LogP contribution in [0, 0.1) is 6.92 Å². The Kier molecular flexibility index (Phi) is 2.67. The number of nitrogens with two attached hydrogens (primary N) is 1. The fourth-order valence-corrected chi connectivity index (χ4v) is 2.59. The smallest absolute Gasteiger partial charge is 0.151 e. The topological polar surface area (TPSA) is 45.4 Å². The van der Waals surface area contributed by atoms with Gasteiger partial charge in [0, 0.05) is 38.4 Å². The van der Waals surface area contributed by atoms with Gasteiger partial charge in [0.25, 0.3) is 0 Å². The summed E-state index contributed by atoms with van der Waals surface area (Å²) in [5.41, 5.74) is 7.98. The number of pyridine rings is 1. The number of nitrogen functional groups attached to an aromatic ring is 1. The standard InChI is InChI=1S/C13H20N4/c1-10-8-12(14)13(15-9-10)17-6-4-16(5-7-17)11-2-3-11/h8-9,11H,2-7,14H2,1H3. The van der Waals surface area contributed by atoms with E-state index in [1.165, 1.54) is 12.8 Å². The summed E-state index contributed by atoms with van der Waals surface area (Å²) < 4.78 is 0. The summed E-state index contributed by atoms with van der Waals surface area (Å²) in [4.78, 5) is 9.38. The molecule has 4 nitrogen and oxygen atoms in total. The number of anilines is 2. The zero-order valence-corrected chi connectivity index (χ0v) is 10.4. The summed E-state index contributed by atoms with van der Waals surface area (Å²) in [6, 6.07) is 2.88. The van der Waals surface area contributed by atoms with Gasteiger partial charge in [-0.05, 0) is 31.4 Å². The number of hydrogen-bond acceptors (Lipinski definition) is 4. The monoisotopic (exact) mass is 232 g/mol. The molecule has 3 rings (SSSR count). The van der Waals surface area contributed by atoms with Crippen LogP contribution in [0.15, 0.2) is 12.3 Å². The zero-order chi connectivity index (χ0) is 11.8. The third-order valence-electron chi connectivity index (χ3n) is 3.71. The Hall–Kier alpha value is -1.29. The highest BCUT2D eigenvalue weighted by Crippen LogP contribution is 2.29. The second kappa shape index (κ2) is 4.18. The first kappa shape index (κ1) is 10.8. The molecule has 1 aromatic heterocycles. The Labute approximate surface area is 102 Å². The van der Waals surface area contributed by atoms with Crippen molar-refractivity contribution in [2.75, 3.05) is 36.8 Å². The summed E-state index contributed by atoms with van der Waals surface area (Å²) in [6.45, 7) is 6.44. The van der Waals surface area contributed by atoms with Gasteiger partial charge in [0.2, 0.25) is 0 Å². The minimum absolute atomic E-state index is 0.810. The number of aromatic nitrogens is 1. The molecule has 0 unspecified atom stereocenters. The van der Waals surface area contributed by atoms with Crippen LogP contribution in [0.4, 0.5) is 11.5 Å². The molecule has 17 heavy (non-hydrogen) atoms. The zero-order valence-electron chi connectivity index (χ0n) is 10.4. The van der Waals surface area contributed by atoms with E-state index < -0.39 is 0 Å². The predicted molar refractivity (Wildman–Crippen MR) is 70.2 cm³/mol. The van der Waals surface area contributed by atoms with Gasteiger partial charge < -0.3 is 10.6 Å². The molecule has 4 heteroatoms.